The van der Waals surface area contributed by atoms with Crippen molar-refractivity contribution in [2.24, 2.45) is 0 Å². The van der Waals surface area contributed by atoms with E-state index in [1.165, 1.54) is 26.3 Å². The topological polar surface area (TPSA) is 97.4 Å². The summed E-state index contributed by atoms with van der Waals surface area (Å²) in [4.78, 5) is 35.1. The average molecular weight is 534 g/mol. The maximum absolute atomic E-state index is 11.8. The Balaban J connectivity index is 2.34. The van der Waals surface area contributed by atoms with Crippen LogP contribution in [-0.4, -0.2) is 53.0 Å². The van der Waals surface area contributed by atoms with Gasteiger partial charge in [0.15, 0.2) is 12.2 Å². The zero-order chi connectivity index (χ0) is 22.3. The van der Waals surface area contributed by atoms with Crippen LogP contribution in [0.4, 0.5) is 0 Å². The number of aryl methyl sites for hydroxylation is 1. The second-order valence-electron chi connectivity index (χ2n) is 6.93. The molecule has 0 spiro atoms. The van der Waals surface area contributed by atoms with Gasteiger partial charge in [0.2, 0.25) is 12.4 Å². The first-order valence-electron chi connectivity index (χ1n) is 9.73. The van der Waals surface area contributed by atoms with Crippen LogP contribution in [0.2, 0.25) is 0 Å². The van der Waals surface area contributed by atoms with Crippen LogP contribution < -0.4 is 4.74 Å². The molecular formula is C21H27IO8. The molecule has 166 valence electrons. The van der Waals surface area contributed by atoms with Crippen molar-refractivity contribution in [3.05, 3.63) is 29.8 Å². The number of carbonyl (C=O) groups is 3. The van der Waals surface area contributed by atoms with Gasteiger partial charge in [0.05, 0.1) is 0 Å². The average Bonchev–Trinajstić information content (AvgIpc) is 2.66. The molecule has 0 aliphatic carbocycles. The Labute approximate surface area is 189 Å². The highest BCUT2D eigenvalue weighted by Crippen LogP contribution is 2.31. The predicted octanol–water partition coefficient (Wildman–Crippen LogP) is 2.97. The Bertz CT molecular complexity index is 735. The van der Waals surface area contributed by atoms with Crippen molar-refractivity contribution in [2.45, 2.75) is 71.2 Å². The monoisotopic (exact) mass is 534 g/mol. The van der Waals surface area contributed by atoms with Gasteiger partial charge in [-0.3, -0.25) is 14.4 Å². The summed E-state index contributed by atoms with van der Waals surface area (Å²) in [5.74, 6) is -1.27. The van der Waals surface area contributed by atoms with Crippen molar-refractivity contribution in [2.75, 3.05) is 4.43 Å². The minimum Gasteiger partial charge on any atom is -0.461 e. The Hall–Kier alpha value is -1.88. The van der Waals surface area contributed by atoms with Gasteiger partial charge in [0.1, 0.15) is 11.9 Å². The molecule has 1 aliphatic heterocycles. The number of carbonyl (C=O) groups excluding carboxylic acids is 3. The molecule has 8 nitrogen and oxygen atoms in total. The fourth-order valence-electron chi connectivity index (χ4n) is 3.23. The van der Waals surface area contributed by atoms with E-state index >= 15 is 0 Å². The Morgan fingerprint density at radius 2 is 1.43 bits per heavy atom. The lowest BCUT2D eigenvalue weighted by atomic mass is 9.98. The summed E-state index contributed by atoms with van der Waals surface area (Å²) in [6, 6.07) is 7.50. The number of alkyl halides is 1. The first-order chi connectivity index (χ1) is 14.2. The van der Waals surface area contributed by atoms with Gasteiger partial charge >= 0.3 is 17.9 Å². The summed E-state index contributed by atoms with van der Waals surface area (Å²) in [6.07, 6.45) is -2.85. The molecule has 0 bridgehead atoms. The third-order valence-electron chi connectivity index (χ3n) is 4.36. The molecule has 30 heavy (non-hydrogen) atoms. The van der Waals surface area contributed by atoms with Crippen LogP contribution in [0.3, 0.4) is 0 Å². The molecule has 1 heterocycles. The van der Waals surface area contributed by atoms with Crippen LogP contribution in [0.5, 0.6) is 5.75 Å². The minimum absolute atomic E-state index is 0.426. The molecule has 0 aromatic heterocycles. The molecule has 1 aromatic carbocycles. The van der Waals surface area contributed by atoms with E-state index in [2.05, 4.69) is 29.5 Å². The van der Waals surface area contributed by atoms with E-state index in [0.717, 1.165) is 12.8 Å². The second kappa shape index (κ2) is 11.5. The van der Waals surface area contributed by atoms with Gasteiger partial charge in [-0.1, -0.05) is 48.1 Å². The number of halogens is 1. The molecular weight excluding hydrogens is 507 g/mol. The standard InChI is InChI=1S/C21H27IO8/c1-5-6-15-7-9-16(10-8-15)29-21-20(28-14(4)25)19(27-13(3)24)18(26-12(2)23)17(11-22)30-21/h7-10,17-21H,5-6,11H2,1-4H3. The maximum Gasteiger partial charge on any atom is 0.303 e. The van der Waals surface area contributed by atoms with Gasteiger partial charge in [-0.2, -0.15) is 0 Å². The van der Waals surface area contributed by atoms with Gasteiger partial charge in [0.25, 0.3) is 0 Å². The summed E-state index contributed by atoms with van der Waals surface area (Å²) in [6.45, 7) is 5.80. The molecule has 1 aliphatic rings. The molecule has 5 unspecified atom stereocenters. The molecule has 5 atom stereocenters. The second-order valence-corrected chi connectivity index (χ2v) is 7.81. The Morgan fingerprint density at radius 1 is 0.900 bits per heavy atom. The maximum atomic E-state index is 11.8. The number of hydrogen-bond donors (Lipinski definition) is 0. The number of esters is 3. The highest BCUT2D eigenvalue weighted by atomic mass is 127. The Morgan fingerprint density at radius 3 is 1.93 bits per heavy atom. The van der Waals surface area contributed by atoms with E-state index in [0.29, 0.717) is 10.2 Å². The Kier molecular flexibility index (Phi) is 9.35. The van der Waals surface area contributed by atoms with Gasteiger partial charge in [0, 0.05) is 25.2 Å². The van der Waals surface area contributed by atoms with E-state index in [-0.39, 0.29) is 0 Å². The molecule has 9 heteroatoms. The van der Waals surface area contributed by atoms with Crippen molar-refractivity contribution >= 4 is 40.5 Å². The highest BCUT2D eigenvalue weighted by Gasteiger charge is 2.52. The summed E-state index contributed by atoms with van der Waals surface area (Å²) < 4.78 is 28.5. The van der Waals surface area contributed by atoms with E-state index in [1.807, 2.05) is 12.1 Å². The lowest BCUT2D eigenvalue weighted by Gasteiger charge is -2.43. The normalized spacial score (nSPS) is 25.8. The van der Waals surface area contributed by atoms with Gasteiger partial charge in [-0.05, 0) is 24.1 Å². The van der Waals surface area contributed by atoms with Gasteiger partial charge in [-0.15, -0.1) is 0 Å². The SMILES string of the molecule is CCCc1ccc(OC2OC(CI)C(OC(C)=O)C(OC(C)=O)C2OC(C)=O)cc1. The smallest absolute Gasteiger partial charge is 0.303 e. The van der Waals surface area contributed by atoms with Crippen molar-refractivity contribution in [3.8, 4) is 5.75 Å². The van der Waals surface area contributed by atoms with Crippen molar-refractivity contribution in [1.29, 1.82) is 0 Å². The minimum atomic E-state index is -1.12. The van der Waals surface area contributed by atoms with E-state index < -0.39 is 48.6 Å². The molecule has 0 amide bonds. The van der Waals surface area contributed by atoms with Crippen LogP contribution in [0.15, 0.2) is 24.3 Å². The van der Waals surface area contributed by atoms with Gasteiger partial charge in [-0.25, -0.2) is 0 Å². The number of rotatable bonds is 8. The fraction of sp³-hybridized carbons (Fsp3) is 0.571. The van der Waals surface area contributed by atoms with Crippen LogP contribution in [0.1, 0.15) is 39.7 Å². The zero-order valence-electron chi connectivity index (χ0n) is 17.5. The summed E-state index contributed by atoms with van der Waals surface area (Å²) in [5, 5.41) is 0. The number of hydrogen-bond acceptors (Lipinski definition) is 8. The van der Waals surface area contributed by atoms with E-state index in [1.54, 1.807) is 12.1 Å². The summed E-state index contributed by atoms with van der Waals surface area (Å²) >= 11 is 2.08. The third-order valence-corrected chi connectivity index (χ3v) is 5.23. The molecule has 0 N–H and O–H groups in total. The summed E-state index contributed by atoms with van der Waals surface area (Å²) in [7, 11) is 0. The number of ether oxygens (including phenoxy) is 5. The lowest BCUT2D eigenvalue weighted by Crippen LogP contribution is -2.63. The van der Waals surface area contributed by atoms with Crippen LogP contribution in [0.25, 0.3) is 0 Å². The molecule has 1 aromatic rings. The van der Waals surface area contributed by atoms with Crippen molar-refractivity contribution < 1.29 is 38.1 Å². The predicted molar refractivity (Wildman–Crippen MR) is 115 cm³/mol. The first kappa shape index (κ1) is 24.4. The number of benzene rings is 1. The van der Waals surface area contributed by atoms with Gasteiger partial charge < -0.3 is 23.7 Å². The van der Waals surface area contributed by atoms with Crippen molar-refractivity contribution in [3.63, 3.8) is 0 Å². The van der Waals surface area contributed by atoms with Crippen LogP contribution >= 0.6 is 22.6 Å². The fourth-order valence-corrected chi connectivity index (χ4v) is 3.94. The van der Waals surface area contributed by atoms with Crippen LogP contribution in [0, 0.1) is 0 Å². The molecule has 0 radical (unpaired) electrons. The molecule has 1 saturated heterocycles. The molecule has 2 rings (SSSR count). The third kappa shape index (κ3) is 6.83. The first-order valence-corrected chi connectivity index (χ1v) is 11.3. The lowest BCUT2D eigenvalue weighted by molar-refractivity contribution is -0.279. The zero-order valence-corrected chi connectivity index (χ0v) is 19.6. The quantitative estimate of drug-likeness (QED) is 0.218. The summed E-state index contributed by atoms with van der Waals surface area (Å²) in [5.41, 5.74) is 1.17. The van der Waals surface area contributed by atoms with E-state index in [9.17, 15) is 14.4 Å². The van der Waals surface area contributed by atoms with E-state index in [4.69, 9.17) is 23.7 Å². The largest absolute Gasteiger partial charge is 0.461 e. The van der Waals surface area contributed by atoms with Crippen LogP contribution in [-0.2, 0) is 39.8 Å². The van der Waals surface area contributed by atoms with Crippen molar-refractivity contribution in [1.82, 2.24) is 0 Å². The highest BCUT2D eigenvalue weighted by molar-refractivity contribution is 14.1. The molecule has 1 fully saturated rings. The molecule has 0 saturated carbocycles.